The number of benzene rings is 3. The normalized spacial score (nSPS) is 14.0. The number of carbonyl (C=O) groups is 1. The molecule has 4 aromatic rings. The van der Waals surface area contributed by atoms with E-state index in [2.05, 4.69) is 30.9 Å². The highest BCUT2D eigenvalue weighted by atomic mass is 35.5. The molecule has 6 nitrogen and oxygen atoms in total. The van der Waals surface area contributed by atoms with Gasteiger partial charge in [0.05, 0.1) is 21.4 Å². The lowest BCUT2D eigenvalue weighted by atomic mass is 10.1. The summed E-state index contributed by atoms with van der Waals surface area (Å²) in [4.78, 5) is 17.6. The van der Waals surface area contributed by atoms with Gasteiger partial charge in [0.1, 0.15) is 6.61 Å². The number of carbonyl (C=O) groups excluding carboxylic acids is 1. The van der Waals surface area contributed by atoms with Crippen molar-refractivity contribution in [2.45, 2.75) is 27.0 Å². The van der Waals surface area contributed by atoms with E-state index < -0.39 is 0 Å². The van der Waals surface area contributed by atoms with Gasteiger partial charge in [0.2, 0.25) is 0 Å². The van der Waals surface area contributed by atoms with Gasteiger partial charge in [-0.05, 0) is 55.8 Å². The standard InChI is InChI=1S/C30H29Cl3N4O2/c1-20-26(21(2)37(34-20)25-9-4-3-5-10-25)18-35-11-13-36(14-12-35)30(38)23-8-6-7-22(15-23)19-39-29-27(32)16-24(31)17-28(29)33/h3-10,15-17H,11-14,18-19H2,1-2H3. The van der Waals surface area contributed by atoms with Gasteiger partial charge in [0.25, 0.3) is 5.91 Å². The lowest BCUT2D eigenvalue weighted by Crippen LogP contribution is -2.48. The number of hydrogen-bond acceptors (Lipinski definition) is 4. The largest absolute Gasteiger partial charge is 0.486 e. The summed E-state index contributed by atoms with van der Waals surface area (Å²) in [6.07, 6.45) is 0. The molecule has 1 amide bonds. The number of halogens is 3. The lowest BCUT2D eigenvalue weighted by Gasteiger charge is -2.35. The third-order valence-electron chi connectivity index (χ3n) is 7.00. The van der Waals surface area contributed by atoms with Crippen LogP contribution in [0.3, 0.4) is 0 Å². The van der Waals surface area contributed by atoms with E-state index in [4.69, 9.17) is 44.6 Å². The highest BCUT2D eigenvalue weighted by molar-refractivity contribution is 6.40. The second kappa shape index (κ2) is 12.0. The van der Waals surface area contributed by atoms with E-state index in [9.17, 15) is 4.79 Å². The summed E-state index contributed by atoms with van der Waals surface area (Å²) < 4.78 is 7.86. The maximum absolute atomic E-state index is 13.3. The molecule has 9 heteroatoms. The number of para-hydroxylation sites is 1. The van der Waals surface area contributed by atoms with Crippen LogP contribution in [0.25, 0.3) is 5.69 Å². The number of aryl methyl sites for hydroxylation is 1. The molecule has 0 bridgehead atoms. The van der Waals surface area contributed by atoms with Crippen LogP contribution >= 0.6 is 34.8 Å². The van der Waals surface area contributed by atoms with Crippen molar-refractivity contribution < 1.29 is 9.53 Å². The number of amides is 1. The fourth-order valence-electron chi connectivity index (χ4n) is 4.86. The number of nitrogens with zero attached hydrogens (tertiary/aromatic N) is 4. The van der Waals surface area contributed by atoms with Crippen LogP contribution < -0.4 is 4.74 Å². The topological polar surface area (TPSA) is 50.6 Å². The number of ether oxygens (including phenoxy) is 1. The van der Waals surface area contributed by atoms with Gasteiger partial charge < -0.3 is 9.64 Å². The van der Waals surface area contributed by atoms with Gasteiger partial charge in [0.15, 0.2) is 5.75 Å². The van der Waals surface area contributed by atoms with Crippen LogP contribution in [0, 0.1) is 13.8 Å². The zero-order valence-electron chi connectivity index (χ0n) is 21.8. The van der Waals surface area contributed by atoms with Crippen molar-refractivity contribution in [2.24, 2.45) is 0 Å². The molecule has 0 atom stereocenters. The maximum Gasteiger partial charge on any atom is 0.253 e. The highest BCUT2D eigenvalue weighted by Crippen LogP contribution is 2.36. The van der Waals surface area contributed by atoms with Crippen molar-refractivity contribution in [3.63, 3.8) is 0 Å². The van der Waals surface area contributed by atoms with Crippen molar-refractivity contribution in [1.82, 2.24) is 19.6 Å². The summed E-state index contributed by atoms with van der Waals surface area (Å²) in [7, 11) is 0. The van der Waals surface area contributed by atoms with E-state index in [0.717, 1.165) is 42.3 Å². The Morgan fingerprint density at radius 2 is 1.59 bits per heavy atom. The molecule has 202 valence electrons. The Kier molecular flexibility index (Phi) is 8.48. The second-order valence-electron chi connectivity index (χ2n) is 9.65. The number of rotatable bonds is 7. The van der Waals surface area contributed by atoms with Gasteiger partial charge in [0, 0.05) is 54.6 Å². The van der Waals surface area contributed by atoms with E-state index in [1.54, 1.807) is 12.1 Å². The molecular formula is C30H29Cl3N4O2. The summed E-state index contributed by atoms with van der Waals surface area (Å²) >= 11 is 18.4. The summed E-state index contributed by atoms with van der Waals surface area (Å²) in [5.74, 6) is 0.388. The lowest BCUT2D eigenvalue weighted by molar-refractivity contribution is 0.0627. The minimum atomic E-state index is 0.0170. The van der Waals surface area contributed by atoms with Crippen LogP contribution in [0.4, 0.5) is 0 Å². The van der Waals surface area contributed by atoms with Crippen LogP contribution in [-0.2, 0) is 13.2 Å². The predicted octanol–water partition coefficient (Wildman–Crippen LogP) is 6.99. The van der Waals surface area contributed by atoms with E-state index in [0.29, 0.717) is 39.5 Å². The summed E-state index contributed by atoms with van der Waals surface area (Å²) in [5, 5.41) is 5.91. The Morgan fingerprint density at radius 3 is 2.28 bits per heavy atom. The monoisotopic (exact) mass is 582 g/mol. The first-order valence-electron chi connectivity index (χ1n) is 12.8. The molecule has 3 aromatic carbocycles. The molecule has 0 unspecified atom stereocenters. The quantitative estimate of drug-likeness (QED) is 0.235. The van der Waals surface area contributed by atoms with Crippen molar-refractivity contribution in [1.29, 1.82) is 0 Å². The zero-order chi connectivity index (χ0) is 27.5. The molecule has 1 fully saturated rings. The number of piperazine rings is 1. The number of aromatic nitrogens is 2. The average Bonchev–Trinajstić information content (AvgIpc) is 3.21. The molecule has 0 saturated carbocycles. The van der Waals surface area contributed by atoms with Gasteiger partial charge in [-0.3, -0.25) is 9.69 Å². The van der Waals surface area contributed by atoms with E-state index in [1.807, 2.05) is 52.0 Å². The molecule has 1 aliphatic rings. The molecule has 39 heavy (non-hydrogen) atoms. The van der Waals surface area contributed by atoms with Gasteiger partial charge in [-0.25, -0.2) is 4.68 Å². The maximum atomic E-state index is 13.3. The van der Waals surface area contributed by atoms with Crippen molar-refractivity contribution in [3.05, 3.63) is 110 Å². The Balaban J connectivity index is 1.19. The van der Waals surface area contributed by atoms with Gasteiger partial charge in [-0.15, -0.1) is 0 Å². The molecule has 5 rings (SSSR count). The molecule has 0 aliphatic carbocycles. The van der Waals surface area contributed by atoms with Crippen molar-refractivity contribution in [2.75, 3.05) is 26.2 Å². The first-order chi connectivity index (χ1) is 18.8. The molecule has 0 radical (unpaired) electrons. The van der Waals surface area contributed by atoms with Gasteiger partial charge in [-0.1, -0.05) is 65.1 Å². The average molecular weight is 584 g/mol. The molecule has 1 saturated heterocycles. The zero-order valence-corrected chi connectivity index (χ0v) is 24.1. The van der Waals surface area contributed by atoms with Crippen LogP contribution in [0.1, 0.15) is 32.9 Å². The van der Waals surface area contributed by atoms with Crippen LogP contribution in [-0.4, -0.2) is 51.7 Å². The van der Waals surface area contributed by atoms with Gasteiger partial charge >= 0.3 is 0 Å². The highest BCUT2D eigenvalue weighted by Gasteiger charge is 2.24. The Hall–Kier alpha value is -3.03. The molecule has 2 heterocycles. The predicted molar refractivity (Wildman–Crippen MR) is 156 cm³/mol. The molecule has 0 spiro atoms. The first-order valence-corrected chi connectivity index (χ1v) is 13.9. The fraction of sp³-hybridized carbons (Fsp3) is 0.267. The third-order valence-corrected chi connectivity index (χ3v) is 7.78. The van der Waals surface area contributed by atoms with Crippen molar-refractivity contribution in [3.8, 4) is 11.4 Å². The molecule has 1 aromatic heterocycles. The SMILES string of the molecule is Cc1nn(-c2ccccc2)c(C)c1CN1CCN(C(=O)c2cccc(COc3c(Cl)cc(Cl)cc3Cl)c2)CC1. The minimum absolute atomic E-state index is 0.0170. The van der Waals surface area contributed by atoms with Crippen LogP contribution in [0.2, 0.25) is 15.1 Å². The molecule has 1 aliphatic heterocycles. The summed E-state index contributed by atoms with van der Waals surface area (Å²) in [6, 6.07) is 20.8. The van der Waals surface area contributed by atoms with E-state index >= 15 is 0 Å². The Labute approximate surface area is 243 Å². The van der Waals surface area contributed by atoms with E-state index in [1.165, 1.54) is 5.56 Å². The molecule has 0 N–H and O–H groups in total. The fourth-order valence-corrected chi connectivity index (χ4v) is 5.78. The van der Waals surface area contributed by atoms with E-state index in [-0.39, 0.29) is 12.5 Å². The minimum Gasteiger partial charge on any atom is -0.486 e. The second-order valence-corrected chi connectivity index (χ2v) is 10.9. The Morgan fingerprint density at radius 1 is 0.897 bits per heavy atom. The Bertz CT molecular complexity index is 1460. The van der Waals surface area contributed by atoms with Crippen LogP contribution in [0.15, 0.2) is 66.7 Å². The summed E-state index contributed by atoms with van der Waals surface area (Å²) in [5.41, 5.74) is 5.98. The number of hydrogen-bond donors (Lipinski definition) is 0. The first kappa shape index (κ1) is 27.5. The van der Waals surface area contributed by atoms with Gasteiger partial charge in [-0.2, -0.15) is 5.10 Å². The smallest absolute Gasteiger partial charge is 0.253 e. The molecular weight excluding hydrogens is 555 g/mol. The summed E-state index contributed by atoms with van der Waals surface area (Å²) in [6.45, 7) is 8.16. The third kappa shape index (κ3) is 6.25. The van der Waals surface area contributed by atoms with Crippen molar-refractivity contribution >= 4 is 40.7 Å². The van der Waals surface area contributed by atoms with Crippen LogP contribution in [0.5, 0.6) is 5.75 Å².